The highest BCUT2D eigenvalue weighted by Gasteiger charge is 2.08. The van der Waals surface area contributed by atoms with Gasteiger partial charge in [-0.2, -0.15) is 0 Å². The molecule has 2 rings (SSSR count). The molecule has 0 fully saturated rings. The fraction of sp³-hybridized carbons (Fsp3) is 0.250. The van der Waals surface area contributed by atoms with E-state index < -0.39 is 0 Å². The predicted octanol–water partition coefficient (Wildman–Crippen LogP) is -1.02. The van der Waals surface area contributed by atoms with Crippen LogP contribution in [0.4, 0.5) is 5.69 Å². The summed E-state index contributed by atoms with van der Waals surface area (Å²) in [4.78, 5) is 22.7. The summed E-state index contributed by atoms with van der Waals surface area (Å²) in [6.07, 6.45) is 1.47. The summed E-state index contributed by atoms with van der Waals surface area (Å²) in [5, 5.41) is 16.0. The van der Waals surface area contributed by atoms with Gasteiger partial charge in [-0.1, -0.05) is 6.07 Å². The molecule has 0 unspecified atom stereocenters. The summed E-state index contributed by atoms with van der Waals surface area (Å²) >= 11 is 0. The molecule has 0 saturated carbocycles. The lowest BCUT2D eigenvalue weighted by Crippen LogP contribution is -2.36. The first kappa shape index (κ1) is 14.6. The van der Waals surface area contributed by atoms with Crippen LogP contribution in [0, 0.1) is 6.92 Å². The van der Waals surface area contributed by atoms with Crippen molar-refractivity contribution in [2.75, 3.05) is 18.4 Å². The first-order chi connectivity index (χ1) is 10.1. The van der Waals surface area contributed by atoms with E-state index in [9.17, 15) is 9.59 Å². The van der Waals surface area contributed by atoms with Crippen LogP contribution in [0.15, 0.2) is 24.5 Å². The molecule has 9 nitrogen and oxygen atoms in total. The Hall–Kier alpha value is -2.81. The molecular formula is C12H15N7O2. The fourth-order valence-corrected chi connectivity index (χ4v) is 1.66. The monoisotopic (exact) mass is 289 g/mol. The van der Waals surface area contributed by atoms with E-state index in [2.05, 4.69) is 26.2 Å². The Morgan fingerprint density at radius 3 is 2.81 bits per heavy atom. The van der Waals surface area contributed by atoms with Crippen LogP contribution < -0.4 is 16.4 Å². The molecule has 0 aliphatic carbocycles. The zero-order chi connectivity index (χ0) is 15.2. The molecule has 0 bridgehead atoms. The average molecular weight is 289 g/mol. The van der Waals surface area contributed by atoms with E-state index in [1.807, 2.05) is 13.0 Å². The Labute approximate surface area is 120 Å². The summed E-state index contributed by atoms with van der Waals surface area (Å²) in [5.41, 5.74) is 7.43. The van der Waals surface area contributed by atoms with Crippen molar-refractivity contribution < 1.29 is 9.59 Å². The Bertz CT molecular complexity index is 639. The first-order valence-corrected chi connectivity index (χ1v) is 6.21. The van der Waals surface area contributed by atoms with E-state index in [0.29, 0.717) is 5.69 Å². The van der Waals surface area contributed by atoms with Crippen molar-refractivity contribution in [1.82, 2.24) is 25.5 Å². The zero-order valence-corrected chi connectivity index (χ0v) is 11.4. The molecule has 21 heavy (non-hydrogen) atoms. The molecule has 1 heterocycles. The lowest BCUT2D eigenvalue weighted by Gasteiger charge is -2.10. The normalized spacial score (nSPS) is 10.2. The molecule has 0 atom stereocenters. The first-order valence-electron chi connectivity index (χ1n) is 6.21. The predicted molar refractivity (Wildman–Crippen MR) is 74.6 cm³/mol. The number of aryl methyl sites for hydroxylation is 1. The van der Waals surface area contributed by atoms with E-state index in [1.54, 1.807) is 12.1 Å². The minimum atomic E-state index is -0.386. The van der Waals surface area contributed by atoms with Crippen LogP contribution in [0.3, 0.4) is 0 Å². The Kier molecular flexibility index (Phi) is 4.57. The molecule has 110 valence electrons. The molecule has 2 amide bonds. The Balaban J connectivity index is 2.06. The number of hydrogen-bond donors (Lipinski definition) is 3. The smallest absolute Gasteiger partial charge is 0.243 e. The van der Waals surface area contributed by atoms with Gasteiger partial charge in [0.1, 0.15) is 6.33 Å². The van der Waals surface area contributed by atoms with Crippen molar-refractivity contribution in [2.24, 2.45) is 5.73 Å². The summed E-state index contributed by atoms with van der Waals surface area (Å²) < 4.78 is 1.50. The van der Waals surface area contributed by atoms with Gasteiger partial charge in [-0.25, -0.2) is 4.68 Å². The van der Waals surface area contributed by atoms with E-state index in [-0.39, 0.29) is 24.9 Å². The number of nitrogens with one attached hydrogen (secondary N) is 2. The maximum Gasteiger partial charge on any atom is 0.243 e. The lowest BCUT2D eigenvalue weighted by molar-refractivity contribution is -0.123. The number of aromatic nitrogens is 4. The van der Waals surface area contributed by atoms with Crippen LogP contribution in [-0.4, -0.2) is 45.1 Å². The number of amides is 2. The minimum Gasteiger partial charge on any atom is -0.346 e. The van der Waals surface area contributed by atoms with E-state index in [0.717, 1.165) is 11.3 Å². The summed E-state index contributed by atoms with van der Waals surface area (Å²) in [7, 11) is 0. The maximum atomic E-state index is 11.7. The molecule has 1 aromatic carbocycles. The van der Waals surface area contributed by atoms with Crippen LogP contribution in [0.1, 0.15) is 5.56 Å². The van der Waals surface area contributed by atoms with Gasteiger partial charge in [0.15, 0.2) is 0 Å². The van der Waals surface area contributed by atoms with Gasteiger partial charge in [-0.3, -0.25) is 9.59 Å². The fourth-order valence-electron chi connectivity index (χ4n) is 1.66. The Morgan fingerprint density at radius 2 is 2.14 bits per heavy atom. The number of hydrogen-bond acceptors (Lipinski definition) is 6. The van der Waals surface area contributed by atoms with Gasteiger partial charge in [-0.15, -0.1) is 5.10 Å². The van der Waals surface area contributed by atoms with Crippen LogP contribution in [0.2, 0.25) is 0 Å². The molecular weight excluding hydrogens is 274 g/mol. The van der Waals surface area contributed by atoms with Gasteiger partial charge in [0.2, 0.25) is 11.8 Å². The molecule has 0 aliphatic rings. The SMILES string of the molecule is Cc1ccc(NC(=O)CNC(=O)CN)cc1-n1cnnn1. The van der Waals surface area contributed by atoms with Gasteiger partial charge in [-0.05, 0) is 35.0 Å². The highest BCUT2D eigenvalue weighted by molar-refractivity contribution is 5.95. The highest BCUT2D eigenvalue weighted by atomic mass is 16.2. The maximum absolute atomic E-state index is 11.7. The number of nitrogens with two attached hydrogens (primary N) is 1. The molecule has 0 spiro atoms. The van der Waals surface area contributed by atoms with Crippen molar-refractivity contribution in [3.8, 4) is 5.69 Å². The van der Waals surface area contributed by atoms with Crippen molar-refractivity contribution in [3.05, 3.63) is 30.1 Å². The van der Waals surface area contributed by atoms with Crippen molar-refractivity contribution in [2.45, 2.75) is 6.92 Å². The number of tetrazole rings is 1. The Morgan fingerprint density at radius 1 is 1.33 bits per heavy atom. The number of carbonyl (C=O) groups excluding carboxylic acids is 2. The molecule has 9 heteroatoms. The van der Waals surface area contributed by atoms with Gasteiger partial charge in [0, 0.05) is 5.69 Å². The molecule has 0 aliphatic heterocycles. The largest absolute Gasteiger partial charge is 0.346 e. The second-order valence-corrected chi connectivity index (χ2v) is 4.28. The molecule has 2 aromatic rings. The van der Waals surface area contributed by atoms with Crippen molar-refractivity contribution in [3.63, 3.8) is 0 Å². The standard InChI is InChI=1S/C12H15N7O2/c1-8-2-3-9(4-10(8)19-7-15-17-18-19)16-12(21)6-14-11(20)5-13/h2-4,7H,5-6,13H2,1H3,(H,14,20)(H,16,21). The van der Waals surface area contributed by atoms with Crippen molar-refractivity contribution >= 4 is 17.5 Å². The quantitative estimate of drug-likeness (QED) is 0.646. The van der Waals surface area contributed by atoms with Crippen LogP contribution in [0.25, 0.3) is 5.69 Å². The summed E-state index contributed by atoms with van der Waals surface area (Å²) in [6, 6.07) is 5.34. The number of benzene rings is 1. The highest BCUT2D eigenvalue weighted by Crippen LogP contribution is 2.18. The third-order valence-corrected chi connectivity index (χ3v) is 2.72. The lowest BCUT2D eigenvalue weighted by atomic mass is 10.2. The van der Waals surface area contributed by atoms with Crippen LogP contribution >= 0.6 is 0 Å². The number of carbonyl (C=O) groups is 2. The minimum absolute atomic E-state index is 0.135. The van der Waals surface area contributed by atoms with Crippen molar-refractivity contribution in [1.29, 1.82) is 0 Å². The summed E-state index contributed by atoms with van der Waals surface area (Å²) in [6.45, 7) is 1.62. The van der Waals surface area contributed by atoms with Crippen LogP contribution in [-0.2, 0) is 9.59 Å². The van der Waals surface area contributed by atoms with Gasteiger partial charge >= 0.3 is 0 Å². The van der Waals surface area contributed by atoms with Gasteiger partial charge in [0.25, 0.3) is 0 Å². The molecule has 0 saturated heterocycles. The number of rotatable bonds is 5. The third kappa shape index (κ3) is 3.83. The third-order valence-electron chi connectivity index (χ3n) is 2.72. The average Bonchev–Trinajstić information content (AvgIpc) is 3.00. The van der Waals surface area contributed by atoms with E-state index in [4.69, 9.17) is 5.73 Å². The molecule has 1 aromatic heterocycles. The second-order valence-electron chi connectivity index (χ2n) is 4.28. The topological polar surface area (TPSA) is 128 Å². The van der Waals surface area contributed by atoms with E-state index >= 15 is 0 Å². The zero-order valence-electron chi connectivity index (χ0n) is 11.4. The van der Waals surface area contributed by atoms with Gasteiger partial charge in [0.05, 0.1) is 18.8 Å². The molecule has 4 N–H and O–H groups in total. The van der Waals surface area contributed by atoms with Crippen LogP contribution in [0.5, 0.6) is 0 Å². The molecule has 0 radical (unpaired) electrons. The number of nitrogens with zero attached hydrogens (tertiary/aromatic N) is 4. The number of anilines is 1. The van der Waals surface area contributed by atoms with E-state index in [1.165, 1.54) is 11.0 Å². The second kappa shape index (κ2) is 6.57. The van der Waals surface area contributed by atoms with Gasteiger partial charge < -0.3 is 16.4 Å². The summed E-state index contributed by atoms with van der Waals surface area (Å²) in [5.74, 6) is -0.730.